The van der Waals surface area contributed by atoms with Gasteiger partial charge in [0.2, 0.25) is 0 Å². The standard InChI is InChI=1S/C31H40FN5O/c1-6-34-16-18-35(19-17-34)29-28(22(2)33-37(29)27-9-7-8-25(32)20-27)21-36(26-14-15-26)30(38)23-10-12-24(13-11-23)31(3,4)5/h7-13,20,26H,6,14-19,21H2,1-5H3. The highest BCUT2D eigenvalue weighted by atomic mass is 19.1. The van der Waals surface area contributed by atoms with Crippen molar-refractivity contribution in [3.63, 3.8) is 0 Å². The van der Waals surface area contributed by atoms with Crippen molar-refractivity contribution in [3.8, 4) is 5.69 Å². The predicted octanol–water partition coefficient (Wildman–Crippen LogP) is 5.56. The maximum atomic E-state index is 14.2. The van der Waals surface area contributed by atoms with Gasteiger partial charge in [-0.05, 0) is 67.6 Å². The second-order valence-corrected chi connectivity index (χ2v) is 11.7. The fraction of sp³-hybridized carbons (Fsp3) is 0.484. The molecule has 0 N–H and O–H groups in total. The van der Waals surface area contributed by atoms with Crippen LogP contribution >= 0.6 is 0 Å². The van der Waals surface area contributed by atoms with E-state index in [9.17, 15) is 9.18 Å². The highest BCUT2D eigenvalue weighted by Gasteiger charge is 2.36. The Morgan fingerprint density at radius 2 is 1.74 bits per heavy atom. The number of amides is 1. The number of aryl methyl sites for hydroxylation is 1. The summed E-state index contributed by atoms with van der Waals surface area (Å²) in [6, 6.07) is 14.9. The zero-order chi connectivity index (χ0) is 27.0. The molecule has 2 aromatic carbocycles. The molecule has 1 aliphatic heterocycles. The van der Waals surface area contributed by atoms with E-state index in [0.29, 0.717) is 12.2 Å². The molecule has 1 saturated heterocycles. The molecule has 1 aliphatic carbocycles. The Labute approximate surface area is 226 Å². The highest BCUT2D eigenvalue weighted by molar-refractivity contribution is 5.94. The van der Waals surface area contributed by atoms with E-state index in [2.05, 4.69) is 49.6 Å². The molecule has 6 nitrogen and oxygen atoms in total. The van der Waals surface area contributed by atoms with Crippen LogP contribution in [0.1, 0.15) is 67.7 Å². The van der Waals surface area contributed by atoms with Crippen molar-refractivity contribution in [2.45, 2.75) is 65.5 Å². The average Bonchev–Trinajstić information content (AvgIpc) is 3.69. The van der Waals surface area contributed by atoms with Crippen molar-refractivity contribution < 1.29 is 9.18 Å². The van der Waals surface area contributed by atoms with Gasteiger partial charge < -0.3 is 14.7 Å². The molecule has 2 heterocycles. The van der Waals surface area contributed by atoms with E-state index in [0.717, 1.165) is 68.2 Å². The van der Waals surface area contributed by atoms with Crippen LogP contribution in [0, 0.1) is 12.7 Å². The van der Waals surface area contributed by atoms with Gasteiger partial charge in [-0.3, -0.25) is 4.79 Å². The summed E-state index contributed by atoms with van der Waals surface area (Å²) < 4.78 is 16.1. The molecule has 202 valence electrons. The average molecular weight is 518 g/mol. The van der Waals surface area contributed by atoms with E-state index < -0.39 is 0 Å². The molecule has 1 amide bonds. The number of benzene rings is 2. The number of aromatic nitrogens is 2. The largest absolute Gasteiger partial charge is 0.354 e. The monoisotopic (exact) mass is 517 g/mol. The maximum absolute atomic E-state index is 14.2. The third-order valence-corrected chi connectivity index (χ3v) is 7.90. The van der Waals surface area contributed by atoms with Crippen LogP contribution in [0.25, 0.3) is 5.69 Å². The first kappa shape index (κ1) is 26.4. The van der Waals surface area contributed by atoms with E-state index in [4.69, 9.17) is 5.10 Å². The first-order valence-electron chi connectivity index (χ1n) is 13.9. The molecule has 0 unspecified atom stereocenters. The molecule has 2 aliphatic rings. The van der Waals surface area contributed by atoms with E-state index in [1.807, 2.05) is 34.7 Å². The normalized spacial score (nSPS) is 16.6. The molecule has 0 radical (unpaired) electrons. The van der Waals surface area contributed by atoms with Crippen molar-refractivity contribution >= 4 is 11.7 Å². The van der Waals surface area contributed by atoms with Gasteiger partial charge >= 0.3 is 0 Å². The van der Waals surface area contributed by atoms with E-state index >= 15 is 0 Å². The van der Waals surface area contributed by atoms with E-state index in [1.54, 1.807) is 6.07 Å². The number of hydrogen-bond donors (Lipinski definition) is 0. The smallest absolute Gasteiger partial charge is 0.254 e. The number of rotatable bonds is 7. The SMILES string of the molecule is CCN1CCN(c2c(CN(C(=O)c3ccc(C(C)(C)C)cc3)C3CC3)c(C)nn2-c2cccc(F)c2)CC1. The second kappa shape index (κ2) is 10.5. The summed E-state index contributed by atoms with van der Waals surface area (Å²) in [4.78, 5) is 20.6. The van der Waals surface area contributed by atoms with Crippen molar-refractivity contribution in [3.05, 3.63) is 76.7 Å². The lowest BCUT2D eigenvalue weighted by Crippen LogP contribution is -2.47. The first-order chi connectivity index (χ1) is 18.2. The fourth-order valence-corrected chi connectivity index (χ4v) is 5.32. The zero-order valence-corrected chi connectivity index (χ0v) is 23.4. The first-order valence-corrected chi connectivity index (χ1v) is 13.9. The molecule has 38 heavy (non-hydrogen) atoms. The second-order valence-electron chi connectivity index (χ2n) is 11.7. The number of piperazine rings is 1. The van der Waals surface area contributed by atoms with Gasteiger partial charge in [0.15, 0.2) is 0 Å². The molecule has 5 rings (SSSR count). The van der Waals surface area contributed by atoms with Gasteiger partial charge in [0, 0.05) is 43.3 Å². The molecular formula is C31H40FN5O. The quantitative estimate of drug-likeness (QED) is 0.411. The minimum absolute atomic E-state index is 0.0388. The van der Waals surface area contributed by atoms with Crippen molar-refractivity contribution in [1.29, 1.82) is 0 Å². The summed E-state index contributed by atoms with van der Waals surface area (Å²) in [7, 11) is 0. The van der Waals surface area contributed by atoms with Crippen LogP contribution in [0.15, 0.2) is 48.5 Å². The molecule has 0 atom stereocenters. The topological polar surface area (TPSA) is 44.6 Å². The summed E-state index contributed by atoms with van der Waals surface area (Å²) in [5.41, 5.74) is 4.60. The predicted molar refractivity (Wildman–Crippen MR) is 151 cm³/mol. The minimum Gasteiger partial charge on any atom is -0.354 e. The Hall–Kier alpha value is -3.19. The van der Waals surface area contributed by atoms with Crippen LogP contribution in [0.2, 0.25) is 0 Å². The van der Waals surface area contributed by atoms with Crippen LogP contribution in [0.3, 0.4) is 0 Å². The number of likely N-dealkylation sites (N-methyl/N-ethyl adjacent to an activating group) is 1. The summed E-state index contributed by atoms with van der Waals surface area (Å²) in [6.07, 6.45) is 2.04. The van der Waals surface area contributed by atoms with Gasteiger partial charge in [-0.2, -0.15) is 5.10 Å². The Kier molecular flexibility index (Phi) is 7.32. The summed E-state index contributed by atoms with van der Waals surface area (Å²) in [5.74, 6) is 0.755. The summed E-state index contributed by atoms with van der Waals surface area (Å²) in [6.45, 7) is 15.9. The van der Waals surface area contributed by atoms with Crippen LogP contribution in [-0.4, -0.2) is 64.3 Å². The van der Waals surface area contributed by atoms with Gasteiger partial charge in [0.25, 0.3) is 5.91 Å². The van der Waals surface area contributed by atoms with Crippen LogP contribution < -0.4 is 4.90 Å². The number of hydrogen-bond acceptors (Lipinski definition) is 4. The molecule has 0 bridgehead atoms. The molecule has 1 aromatic heterocycles. The maximum Gasteiger partial charge on any atom is 0.254 e. The lowest BCUT2D eigenvalue weighted by Gasteiger charge is -2.36. The number of nitrogens with zero attached hydrogens (tertiary/aromatic N) is 5. The third-order valence-electron chi connectivity index (χ3n) is 7.90. The minimum atomic E-state index is -0.285. The van der Waals surface area contributed by atoms with E-state index in [-0.39, 0.29) is 23.2 Å². The molecular weight excluding hydrogens is 477 g/mol. The third kappa shape index (κ3) is 5.48. The lowest BCUT2D eigenvalue weighted by atomic mass is 9.86. The Morgan fingerprint density at radius 3 is 2.32 bits per heavy atom. The van der Waals surface area contributed by atoms with Gasteiger partial charge in [-0.25, -0.2) is 9.07 Å². The molecule has 1 saturated carbocycles. The van der Waals surface area contributed by atoms with Crippen molar-refractivity contribution in [2.75, 3.05) is 37.6 Å². The van der Waals surface area contributed by atoms with Gasteiger partial charge in [0.05, 0.1) is 17.9 Å². The number of halogens is 1. The van der Waals surface area contributed by atoms with Crippen molar-refractivity contribution in [2.24, 2.45) is 0 Å². The molecule has 7 heteroatoms. The molecule has 3 aromatic rings. The highest BCUT2D eigenvalue weighted by Crippen LogP contribution is 2.35. The van der Waals surface area contributed by atoms with Gasteiger partial charge in [-0.15, -0.1) is 0 Å². The Morgan fingerprint density at radius 1 is 1.05 bits per heavy atom. The number of carbonyl (C=O) groups excluding carboxylic acids is 1. The fourth-order valence-electron chi connectivity index (χ4n) is 5.32. The number of anilines is 1. The van der Waals surface area contributed by atoms with Gasteiger partial charge in [0.1, 0.15) is 11.6 Å². The van der Waals surface area contributed by atoms with Crippen LogP contribution in [-0.2, 0) is 12.0 Å². The van der Waals surface area contributed by atoms with E-state index in [1.165, 1.54) is 17.7 Å². The lowest BCUT2D eigenvalue weighted by molar-refractivity contribution is 0.0730. The van der Waals surface area contributed by atoms with Crippen molar-refractivity contribution in [1.82, 2.24) is 19.6 Å². The Bertz CT molecular complexity index is 1280. The zero-order valence-electron chi connectivity index (χ0n) is 23.4. The molecule has 0 spiro atoms. The Balaban J connectivity index is 1.50. The van der Waals surface area contributed by atoms with Gasteiger partial charge in [-0.1, -0.05) is 45.9 Å². The molecule has 2 fully saturated rings. The summed E-state index contributed by atoms with van der Waals surface area (Å²) in [5, 5.41) is 4.90. The van der Waals surface area contributed by atoms with Crippen LogP contribution in [0.5, 0.6) is 0 Å². The number of carbonyl (C=O) groups is 1. The van der Waals surface area contributed by atoms with Crippen LogP contribution in [0.4, 0.5) is 10.2 Å². The summed E-state index contributed by atoms with van der Waals surface area (Å²) >= 11 is 0.